The quantitative estimate of drug-likeness (QED) is 0.845. The van der Waals surface area contributed by atoms with Crippen molar-refractivity contribution in [2.75, 3.05) is 0 Å². The number of hydrogen-bond acceptors (Lipinski definition) is 7. The van der Waals surface area contributed by atoms with Gasteiger partial charge in [0, 0.05) is 5.38 Å². The van der Waals surface area contributed by atoms with Crippen molar-refractivity contribution >= 4 is 17.5 Å². The van der Waals surface area contributed by atoms with E-state index in [1.165, 1.54) is 16.2 Å². The van der Waals surface area contributed by atoms with Crippen LogP contribution in [0.2, 0.25) is 0 Å². The van der Waals surface area contributed by atoms with E-state index in [0.717, 1.165) is 0 Å². The Morgan fingerprint density at radius 1 is 1.47 bits per heavy atom. The van der Waals surface area contributed by atoms with E-state index < -0.39 is 11.9 Å². The molecule has 2 aromatic heterocycles. The standard InChI is InChI=1S/C8H10N6O2S/c1-4(8(15)16)5(2)14-7(10-11-12-14)6-3-17-13-9-6/h3-5H,1-2H3,(H,15,16). The Morgan fingerprint density at radius 3 is 2.82 bits per heavy atom. The van der Waals surface area contributed by atoms with E-state index in [9.17, 15) is 4.79 Å². The molecule has 9 heteroatoms. The summed E-state index contributed by atoms with van der Waals surface area (Å²) in [5.74, 6) is -1.06. The molecule has 1 N–H and O–H groups in total. The van der Waals surface area contributed by atoms with Crippen LogP contribution in [0, 0.1) is 5.92 Å². The molecular formula is C8H10N6O2S. The van der Waals surface area contributed by atoms with E-state index in [4.69, 9.17) is 5.11 Å². The maximum absolute atomic E-state index is 10.9. The van der Waals surface area contributed by atoms with Gasteiger partial charge in [0.2, 0.25) is 5.82 Å². The van der Waals surface area contributed by atoms with Gasteiger partial charge in [0.05, 0.1) is 12.0 Å². The van der Waals surface area contributed by atoms with Crippen molar-refractivity contribution in [2.45, 2.75) is 19.9 Å². The van der Waals surface area contributed by atoms with E-state index in [2.05, 4.69) is 25.1 Å². The molecule has 2 unspecified atom stereocenters. The number of carbonyl (C=O) groups is 1. The lowest BCUT2D eigenvalue weighted by Gasteiger charge is -2.16. The Kier molecular flexibility index (Phi) is 3.09. The number of nitrogens with zero attached hydrogens (tertiary/aromatic N) is 6. The SMILES string of the molecule is CC(C(=O)O)C(C)n1nnnc1-c1csnn1. The molecule has 8 nitrogen and oxygen atoms in total. The first-order valence-corrected chi connectivity index (χ1v) is 5.73. The molecule has 17 heavy (non-hydrogen) atoms. The van der Waals surface area contributed by atoms with Crippen LogP contribution in [0.5, 0.6) is 0 Å². The summed E-state index contributed by atoms with van der Waals surface area (Å²) in [5, 5.41) is 25.7. The lowest BCUT2D eigenvalue weighted by Crippen LogP contribution is -2.23. The first-order valence-electron chi connectivity index (χ1n) is 4.89. The third-order valence-electron chi connectivity index (χ3n) is 2.58. The average Bonchev–Trinajstić information content (AvgIpc) is 2.96. The first kappa shape index (κ1) is 11.6. The molecule has 2 aromatic rings. The number of tetrazole rings is 1. The second kappa shape index (κ2) is 4.53. The average molecular weight is 254 g/mol. The first-order chi connectivity index (χ1) is 8.11. The number of aliphatic carboxylic acids is 1. The Hall–Kier alpha value is -1.90. The second-order valence-corrected chi connectivity index (χ2v) is 4.21. The predicted molar refractivity (Wildman–Crippen MR) is 58.2 cm³/mol. The van der Waals surface area contributed by atoms with Gasteiger partial charge in [-0.25, -0.2) is 4.68 Å². The van der Waals surface area contributed by atoms with Gasteiger partial charge in [0.1, 0.15) is 5.69 Å². The Balaban J connectivity index is 2.34. The number of aromatic nitrogens is 6. The minimum Gasteiger partial charge on any atom is -0.481 e. The smallest absolute Gasteiger partial charge is 0.308 e. The maximum Gasteiger partial charge on any atom is 0.308 e. The third-order valence-corrected chi connectivity index (χ3v) is 3.09. The molecule has 0 aliphatic rings. The van der Waals surface area contributed by atoms with E-state index in [-0.39, 0.29) is 6.04 Å². The van der Waals surface area contributed by atoms with Gasteiger partial charge in [0.25, 0.3) is 0 Å². The van der Waals surface area contributed by atoms with Crippen molar-refractivity contribution in [1.29, 1.82) is 0 Å². The topological polar surface area (TPSA) is 107 Å². The largest absolute Gasteiger partial charge is 0.481 e. The summed E-state index contributed by atoms with van der Waals surface area (Å²) in [6.07, 6.45) is 0. The molecule has 0 saturated carbocycles. The van der Waals surface area contributed by atoms with Crippen molar-refractivity contribution < 1.29 is 9.90 Å². The summed E-state index contributed by atoms with van der Waals surface area (Å²) in [6.45, 7) is 3.36. The zero-order chi connectivity index (χ0) is 12.4. The van der Waals surface area contributed by atoms with Crippen molar-refractivity contribution in [3.05, 3.63) is 5.38 Å². The molecule has 90 valence electrons. The van der Waals surface area contributed by atoms with Crippen molar-refractivity contribution in [1.82, 2.24) is 29.8 Å². The minimum absolute atomic E-state index is 0.362. The fourth-order valence-electron chi connectivity index (χ4n) is 1.32. The van der Waals surface area contributed by atoms with E-state index in [1.54, 1.807) is 19.2 Å². The van der Waals surface area contributed by atoms with Gasteiger partial charge in [-0.15, -0.1) is 10.2 Å². The van der Waals surface area contributed by atoms with Crippen LogP contribution in [0.3, 0.4) is 0 Å². The normalized spacial score (nSPS) is 14.5. The molecule has 0 aromatic carbocycles. The molecule has 0 bridgehead atoms. The van der Waals surface area contributed by atoms with E-state index in [1.807, 2.05) is 0 Å². The molecule has 0 saturated heterocycles. The molecular weight excluding hydrogens is 244 g/mol. The summed E-state index contributed by atoms with van der Waals surface area (Å²) >= 11 is 1.19. The lowest BCUT2D eigenvalue weighted by molar-refractivity contribution is -0.142. The van der Waals surface area contributed by atoms with E-state index >= 15 is 0 Å². The Morgan fingerprint density at radius 2 is 2.24 bits per heavy atom. The minimum atomic E-state index is -0.893. The molecule has 0 amide bonds. The van der Waals surface area contributed by atoms with Crippen LogP contribution in [0.1, 0.15) is 19.9 Å². The van der Waals surface area contributed by atoms with Gasteiger partial charge < -0.3 is 5.11 Å². The van der Waals surface area contributed by atoms with Crippen LogP contribution in [0.4, 0.5) is 0 Å². The molecule has 0 spiro atoms. The Bertz CT molecular complexity index is 510. The molecule has 2 atom stereocenters. The fraction of sp³-hybridized carbons (Fsp3) is 0.500. The Labute approximate surface area is 100 Å². The summed E-state index contributed by atoms with van der Waals surface area (Å²) in [6, 6.07) is -0.362. The van der Waals surface area contributed by atoms with Crippen molar-refractivity contribution in [3.63, 3.8) is 0 Å². The maximum atomic E-state index is 10.9. The van der Waals surface area contributed by atoms with Gasteiger partial charge in [-0.3, -0.25) is 4.79 Å². The van der Waals surface area contributed by atoms with E-state index in [0.29, 0.717) is 11.5 Å². The molecule has 2 heterocycles. The summed E-state index contributed by atoms with van der Waals surface area (Å²) in [4.78, 5) is 10.9. The summed E-state index contributed by atoms with van der Waals surface area (Å²) in [7, 11) is 0. The lowest BCUT2D eigenvalue weighted by atomic mass is 10.0. The molecule has 2 rings (SSSR count). The fourth-order valence-corrected chi connectivity index (χ4v) is 1.75. The van der Waals surface area contributed by atoms with Gasteiger partial charge in [0.15, 0.2) is 0 Å². The van der Waals surface area contributed by atoms with Crippen LogP contribution in [-0.2, 0) is 4.79 Å². The highest BCUT2D eigenvalue weighted by Crippen LogP contribution is 2.22. The number of hydrogen-bond donors (Lipinski definition) is 1. The van der Waals surface area contributed by atoms with Crippen molar-refractivity contribution in [2.24, 2.45) is 5.92 Å². The molecule has 0 aliphatic carbocycles. The van der Waals surface area contributed by atoms with Gasteiger partial charge >= 0.3 is 5.97 Å². The predicted octanol–water partition coefficient (Wildman–Crippen LogP) is 0.473. The number of carboxylic acids is 1. The molecule has 0 fully saturated rings. The van der Waals surface area contributed by atoms with Crippen LogP contribution in [-0.4, -0.2) is 40.9 Å². The second-order valence-electron chi connectivity index (χ2n) is 3.60. The highest BCUT2D eigenvalue weighted by atomic mass is 32.1. The monoisotopic (exact) mass is 254 g/mol. The van der Waals surface area contributed by atoms with Crippen LogP contribution < -0.4 is 0 Å². The highest BCUT2D eigenvalue weighted by molar-refractivity contribution is 7.03. The van der Waals surface area contributed by atoms with Crippen LogP contribution in [0.15, 0.2) is 5.38 Å². The molecule has 0 aliphatic heterocycles. The number of carboxylic acid groups (broad SMARTS) is 1. The van der Waals surface area contributed by atoms with Crippen LogP contribution in [0.25, 0.3) is 11.5 Å². The number of rotatable bonds is 4. The zero-order valence-electron chi connectivity index (χ0n) is 9.18. The molecule has 0 radical (unpaired) electrons. The van der Waals surface area contributed by atoms with Gasteiger partial charge in [-0.2, -0.15) is 0 Å². The zero-order valence-corrected chi connectivity index (χ0v) is 10.00. The summed E-state index contributed by atoms with van der Waals surface area (Å²) in [5.41, 5.74) is 0.546. The third kappa shape index (κ3) is 2.13. The van der Waals surface area contributed by atoms with Gasteiger partial charge in [-0.1, -0.05) is 4.49 Å². The summed E-state index contributed by atoms with van der Waals surface area (Å²) < 4.78 is 5.18. The van der Waals surface area contributed by atoms with Crippen LogP contribution >= 0.6 is 11.5 Å². The highest BCUT2D eigenvalue weighted by Gasteiger charge is 2.25. The van der Waals surface area contributed by atoms with Gasteiger partial charge in [-0.05, 0) is 35.8 Å². The van der Waals surface area contributed by atoms with Crippen molar-refractivity contribution in [3.8, 4) is 11.5 Å².